The Hall–Kier alpha value is -3.23. The van der Waals surface area contributed by atoms with Crippen LogP contribution in [-0.4, -0.2) is 63.8 Å². The molecule has 0 aromatic carbocycles. The Morgan fingerprint density at radius 1 is 1.15 bits per heavy atom. The summed E-state index contributed by atoms with van der Waals surface area (Å²) in [4.78, 5) is 52.2. The second kappa shape index (κ2) is 12.3. The van der Waals surface area contributed by atoms with Crippen molar-refractivity contribution in [3.8, 4) is 11.8 Å². The first-order chi connectivity index (χ1) is 22.3. The molecular formula is C36H40F2O8S. The van der Waals surface area contributed by atoms with E-state index in [9.17, 15) is 24.3 Å². The van der Waals surface area contributed by atoms with E-state index in [2.05, 4.69) is 11.8 Å². The fraction of sp³-hybridized carbons (Fsp3) is 0.611. The molecular weight excluding hydrogens is 630 g/mol. The predicted octanol–water partition coefficient (Wildman–Crippen LogP) is 5.74. The van der Waals surface area contributed by atoms with Crippen molar-refractivity contribution in [3.05, 3.63) is 48.0 Å². The number of furan rings is 1. The van der Waals surface area contributed by atoms with Gasteiger partial charge in [0.15, 0.2) is 23.7 Å². The van der Waals surface area contributed by atoms with Gasteiger partial charge >= 0.3 is 11.9 Å². The molecule has 5 aliphatic rings. The van der Waals surface area contributed by atoms with E-state index in [1.807, 2.05) is 0 Å². The largest absolute Gasteiger partial charge is 0.457 e. The molecule has 1 aromatic heterocycles. The molecule has 0 saturated heterocycles. The van der Waals surface area contributed by atoms with Gasteiger partial charge < -0.3 is 19.0 Å². The van der Waals surface area contributed by atoms with Crippen LogP contribution in [0.25, 0.3) is 0 Å². The molecule has 11 heteroatoms. The fourth-order valence-corrected chi connectivity index (χ4v) is 10.5. The van der Waals surface area contributed by atoms with Crippen molar-refractivity contribution >= 4 is 34.6 Å². The van der Waals surface area contributed by atoms with Crippen molar-refractivity contribution in [3.63, 3.8) is 0 Å². The van der Waals surface area contributed by atoms with E-state index in [1.54, 1.807) is 13.8 Å². The van der Waals surface area contributed by atoms with Crippen LogP contribution in [0.1, 0.15) is 76.3 Å². The minimum absolute atomic E-state index is 0.00393. The number of carbonyl (C=O) groups excluding carboxylic acids is 4. The van der Waals surface area contributed by atoms with Crippen molar-refractivity contribution in [1.82, 2.24) is 0 Å². The molecule has 9 atom stereocenters. The first kappa shape index (κ1) is 33.7. The molecule has 0 bridgehead atoms. The summed E-state index contributed by atoms with van der Waals surface area (Å²) in [6.07, 6.45) is 5.00. The summed E-state index contributed by atoms with van der Waals surface area (Å²) in [6, 6.07) is 2.92. The van der Waals surface area contributed by atoms with E-state index < -0.39 is 69.0 Å². The maximum Gasteiger partial charge on any atom is 0.375 e. The highest BCUT2D eigenvalue weighted by Gasteiger charge is 2.78. The van der Waals surface area contributed by atoms with Crippen LogP contribution in [0.4, 0.5) is 8.78 Å². The minimum atomic E-state index is -2.35. The van der Waals surface area contributed by atoms with E-state index in [4.69, 9.17) is 13.9 Å². The smallest absolute Gasteiger partial charge is 0.375 e. The van der Waals surface area contributed by atoms with Crippen molar-refractivity contribution in [2.45, 2.75) is 89.3 Å². The Bertz CT molecular complexity index is 1570. The van der Waals surface area contributed by atoms with Gasteiger partial charge in [-0.2, -0.15) is 0 Å². The van der Waals surface area contributed by atoms with Gasteiger partial charge in [-0.1, -0.05) is 56.4 Å². The summed E-state index contributed by atoms with van der Waals surface area (Å²) >= 11 is 0.834. The molecule has 4 saturated carbocycles. The zero-order valence-corrected chi connectivity index (χ0v) is 27.6. The Kier molecular flexibility index (Phi) is 8.84. The van der Waals surface area contributed by atoms with Crippen LogP contribution in [0, 0.1) is 46.3 Å². The van der Waals surface area contributed by atoms with Gasteiger partial charge in [0.1, 0.15) is 6.17 Å². The molecule has 6 rings (SSSR count). The van der Waals surface area contributed by atoms with Gasteiger partial charge in [-0.25, -0.2) is 13.6 Å². The topological polar surface area (TPSA) is 120 Å². The van der Waals surface area contributed by atoms with Crippen LogP contribution in [0.15, 0.2) is 46.6 Å². The van der Waals surface area contributed by atoms with Crippen LogP contribution in [0.2, 0.25) is 0 Å². The maximum atomic E-state index is 17.7. The lowest BCUT2D eigenvalue weighted by molar-refractivity contribution is -0.221. The lowest BCUT2D eigenvalue weighted by Crippen LogP contribution is -2.70. The number of thioether (sulfide) groups is 1. The molecule has 1 heterocycles. The zero-order chi connectivity index (χ0) is 33.8. The van der Waals surface area contributed by atoms with Gasteiger partial charge in [0.2, 0.25) is 10.9 Å². The average molecular weight is 671 g/mol. The summed E-state index contributed by atoms with van der Waals surface area (Å²) in [5, 5.41) is 11.2. The standard InChI is InChI=1S/C36H40F2O8S/c1-21-17-24-25-19-27(37)26-18-23(39)12-13-33(26,2)35(25,38)29(40)20-34(24,3)36(21,46-31(42)28-11-8-15-44-28)32(43)47-16-7-6-14-45-30(41)22-9-4-5-10-22/h8,11-13,15,18,21-22,24-25,27,29,40H,4-5,9-10,14,16-17,19-20H2,1-3H3/t21-,24+,25+,27+,29+,33+,34+,35+,36+/m1/s1. The lowest BCUT2D eigenvalue weighted by atomic mass is 9.44. The number of rotatable bonds is 6. The number of fused-ring (bicyclic) bond motifs is 5. The van der Waals surface area contributed by atoms with E-state index in [-0.39, 0.29) is 54.8 Å². The van der Waals surface area contributed by atoms with Crippen LogP contribution < -0.4 is 0 Å². The monoisotopic (exact) mass is 670 g/mol. The van der Waals surface area contributed by atoms with Gasteiger partial charge in [0.25, 0.3) is 0 Å². The number of aliphatic hydroxyl groups excluding tert-OH is 1. The number of hydrogen-bond donors (Lipinski definition) is 1. The second-order valence-electron chi connectivity index (χ2n) is 14.1. The number of halogens is 2. The molecule has 47 heavy (non-hydrogen) atoms. The third kappa shape index (κ3) is 5.13. The highest BCUT2D eigenvalue weighted by molar-refractivity contribution is 8.14. The number of ether oxygens (including phenoxy) is 2. The lowest BCUT2D eigenvalue weighted by Gasteiger charge is -2.63. The number of aliphatic hydroxyl groups is 1. The second-order valence-corrected chi connectivity index (χ2v) is 15.1. The first-order valence-electron chi connectivity index (χ1n) is 16.3. The van der Waals surface area contributed by atoms with E-state index in [0.29, 0.717) is 0 Å². The van der Waals surface area contributed by atoms with E-state index in [0.717, 1.165) is 43.5 Å². The van der Waals surface area contributed by atoms with Crippen LogP contribution in [0.5, 0.6) is 0 Å². The van der Waals surface area contributed by atoms with Crippen LogP contribution >= 0.6 is 11.8 Å². The van der Waals surface area contributed by atoms with Crippen LogP contribution in [-0.2, 0) is 23.9 Å². The van der Waals surface area contributed by atoms with Crippen LogP contribution in [0.3, 0.4) is 0 Å². The minimum Gasteiger partial charge on any atom is -0.457 e. The molecule has 252 valence electrons. The fourth-order valence-electron chi connectivity index (χ4n) is 9.51. The van der Waals surface area contributed by atoms with Crippen molar-refractivity contribution in [2.75, 3.05) is 12.4 Å². The van der Waals surface area contributed by atoms with Gasteiger partial charge in [0, 0.05) is 22.7 Å². The molecule has 5 aliphatic carbocycles. The van der Waals surface area contributed by atoms with Gasteiger partial charge in [-0.15, -0.1) is 0 Å². The molecule has 0 spiro atoms. The summed E-state index contributed by atoms with van der Waals surface area (Å²) in [5.74, 6) is 1.46. The van der Waals surface area contributed by atoms with Gasteiger partial charge in [-0.3, -0.25) is 14.4 Å². The molecule has 8 nitrogen and oxygen atoms in total. The Morgan fingerprint density at radius 3 is 2.60 bits per heavy atom. The normalized spacial score (nSPS) is 39.1. The molecule has 1 aromatic rings. The van der Waals surface area contributed by atoms with Crippen molar-refractivity contribution in [1.29, 1.82) is 0 Å². The average Bonchev–Trinajstić information content (AvgIpc) is 3.80. The predicted molar refractivity (Wildman–Crippen MR) is 168 cm³/mol. The third-order valence-electron chi connectivity index (χ3n) is 11.8. The number of carbonyl (C=O) groups is 4. The third-order valence-corrected chi connectivity index (χ3v) is 12.7. The van der Waals surface area contributed by atoms with Crippen molar-refractivity contribution in [2.24, 2.45) is 34.5 Å². The highest BCUT2D eigenvalue weighted by Crippen LogP contribution is 2.72. The number of hydrogen-bond acceptors (Lipinski definition) is 9. The SMILES string of the molecule is C[C@@H]1C[C@H]2[C@@H]3C[C@H](F)C4=CC(=O)C=C[C@]4(C)[C@@]3(F)[C@@H](O)C[C@]2(C)[C@@]1(OC(=O)c1ccco1)C(=O)SCC#CCOC(=O)C1CCCC1. The molecule has 0 amide bonds. The zero-order valence-electron chi connectivity index (χ0n) is 26.8. The number of allylic oxidation sites excluding steroid dienone is 4. The Labute approximate surface area is 277 Å². The van der Waals surface area contributed by atoms with Gasteiger partial charge in [-0.05, 0) is 74.8 Å². The van der Waals surface area contributed by atoms with Gasteiger partial charge in [0.05, 0.1) is 24.0 Å². The Morgan fingerprint density at radius 2 is 1.89 bits per heavy atom. The molecule has 4 fully saturated rings. The van der Waals surface area contributed by atoms with Crippen molar-refractivity contribution < 1.29 is 47.0 Å². The quantitative estimate of drug-likeness (QED) is 0.299. The number of esters is 2. The molecule has 0 radical (unpaired) electrons. The number of ketones is 1. The molecule has 0 aliphatic heterocycles. The summed E-state index contributed by atoms with van der Waals surface area (Å²) in [6.45, 7) is 4.87. The summed E-state index contributed by atoms with van der Waals surface area (Å²) in [5.41, 5.74) is -7.06. The number of alkyl halides is 2. The van der Waals surface area contributed by atoms with E-state index in [1.165, 1.54) is 37.5 Å². The summed E-state index contributed by atoms with van der Waals surface area (Å²) < 4.78 is 50.3. The highest BCUT2D eigenvalue weighted by atomic mass is 32.2. The Balaban J connectivity index is 1.30. The summed E-state index contributed by atoms with van der Waals surface area (Å²) in [7, 11) is 0. The van der Waals surface area contributed by atoms with E-state index >= 15 is 8.78 Å². The first-order valence-corrected chi connectivity index (χ1v) is 17.3. The maximum absolute atomic E-state index is 17.7. The molecule has 0 unspecified atom stereocenters. The molecule has 1 N–H and O–H groups in total.